The first-order valence-corrected chi connectivity index (χ1v) is 7.21. The summed E-state index contributed by atoms with van der Waals surface area (Å²) in [6, 6.07) is 5.41. The minimum Gasteiger partial charge on any atom is -0.497 e. The molecule has 114 valence electrons. The largest absolute Gasteiger partial charge is 0.497 e. The molecule has 21 heavy (non-hydrogen) atoms. The smallest absolute Gasteiger partial charge is 0.292 e. The van der Waals surface area contributed by atoms with Gasteiger partial charge in [0.05, 0.1) is 12.0 Å². The lowest BCUT2D eigenvalue weighted by atomic mass is 10.0. The standard InChI is InChI=1S/C14H20N4O3/c1-21-12-2-3-13(18(19)20)14(8-12)17-9-11(10-17)16-6-4-15-5-7-16/h2-3,8,11,15H,4-7,9-10H2,1H3. The monoisotopic (exact) mass is 292 g/mol. The van der Waals surface area contributed by atoms with Gasteiger partial charge in [0.15, 0.2) is 0 Å². The van der Waals surface area contributed by atoms with E-state index in [-0.39, 0.29) is 10.6 Å². The number of hydrogen-bond donors (Lipinski definition) is 1. The molecule has 1 aromatic rings. The first-order chi connectivity index (χ1) is 10.2. The maximum absolute atomic E-state index is 11.2. The van der Waals surface area contributed by atoms with Gasteiger partial charge in [0, 0.05) is 57.4 Å². The Bertz CT molecular complexity index is 525. The number of hydrogen-bond acceptors (Lipinski definition) is 6. The molecule has 0 radical (unpaired) electrons. The number of nitro benzene ring substituents is 1. The number of piperazine rings is 1. The predicted molar refractivity (Wildman–Crippen MR) is 80.1 cm³/mol. The molecule has 0 aliphatic carbocycles. The molecule has 2 aliphatic rings. The summed E-state index contributed by atoms with van der Waals surface area (Å²) in [6.07, 6.45) is 0. The van der Waals surface area contributed by atoms with Crippen molar-refractivity contribution < 1.29 is 9.66 Å². The molecule has 0 atom stereocenters. The van der Waals surface area contributed by atoms with Crippen LogP contribution in [0.5, 0.6) is 5.75 Å². The van der Waals surface area contributed by atoms with Crippen LogP contribution in [-0.2, 0) is 0 Å². The number of methoxy groups -OCH3 is 1. The Kier molecular flexibility index (Phi) is 3.94. The van der Waals surface area contributed by atoms with Crippen LogP contribution in [0.4, 0.5) is 11.4 Å². The van der Waals surface area contributed by atoms with Crippen LogP contribution in [0.25, 0.3) is 0 Å². The Labute approximate surface area is 123 Å². The van der Waals surface area contributed by atoms with E-state index in [4.69, 9.17) is 4.74 Å². The third-order valence-electron chi connectivity index (χ3n) is 4.25. The van der Waals surface area contributed by atoms with Gasteiger partial charge >= 0.3 is 0 Å². The van der Waals surface area contributed by atoms with Gasteiger partial charge in [-0.05, 0) is 6.07 Å². The molecule has 0 aromatic heterocycles. The van der Waals surface area contributed by atoms with Crippen molar-refractivity contribution in [3.63, 3.8) is 0 Å². The molecule has 7 nitrogen and oxygen atoms in total. The first kappa shape index (κ1) is 14.1. The van der Waals surface area contributed by atoms with Crippen molar-refractivity contribution in [2.24, 2.45) is 0 Å². The number of ether oxygens (including phenoxy) is 1. The van der Waals surface area contributed by atoms with Crippen LogP contribution in [0.3, 0.4) is 0 Å². The number of nitrogens with zero attached hydrogens (tertiary/aromatic N) is 3. The van der Waals surface area contributed by atoms with Gasteiger partial charge in [-0.3, -0.25) is 15.0 Å². The average molecular weight is 292 g/mol. The highest BCUT2D eigenvalue weighted by atomic mass is 16.6. The number of rotatable bonds is 4. The van der Waals surface area contributed by atoms with Crippen LogP contribution in [0.15, 0.2) is 18.2 Å². The third-order valence-corrected chi connectivity index (χ3v) is 4.25. The zero-order valence-electron chi connectivity index (χ0n) is 12.1. The number of nitrogens with one attached hydrogen (secondary N) is 1. The fraction of sp³-hybridized carbons (Fsp3) is 0.571. The summed E-state index contributed by atoms with van der Waals surface area (Å²) in [7, 11) is 1.57. The van der Waals surface area contributed by atoms with E-state index >= 15 is 0 Å². The minimum atomic E-state index is -0.326. The lowest BCUT2D eigenvalue weighted by molar-refractivity contribution is -0.384. The van der Waals surface area contributed by atoms with E-state index in [1.165, 1.54) is 6.07 Å². The van der Waals surface area contributed by atoms with E-state index in [0.717, 1.165) is 39.3 Å². The molecule has 0 bridgehead atoms. The fourth-order valence-corrected chi connectivity index (χ4v) is 2.97. The van der Waals surface area contributed by atoms with Crippen LogP contribution in [-0.4, -0.2) is 62.2 Å². The van der Waals surface area contributed by atoms with Crippen molar-refractivity contribution in [3.8, 4) is 5.75 Å². The molecule has 7 heteroatoms. The van der Waals surface area contributed by atoms with Crippen LogP contribution in [0, 0.1) is 10.1 Å². The highest BCUT2D eigenvalue weighted by molar-refractivity contribution is 5.67. The molecule has 2 saturated heterocycles. The van der Waals surface area contributed by atoms with Gasteiger partial charge in [0.2, 0.25) is 0 Å². The van der Waals surface area contributed by atoms with Crippen molar-refractivity contribution in [1.82, 2.24) is 10.2 Å². The van der Waals surface area contributed by atoms with E-state index in [1.807, 2.05) is 0 Å². The van der Waals surface area contributed by atoms with Crippen molar-refractivity contribution in [1.29, 1.82) is 0 Å². The van der Waals surface area contributed by atoms with E-state index < -0.39 is 0 Å². The Morgan fingerprint density at radius 1 is 1.33 bits per heavy atom. The van der Waals surface area contributed by atoms with E-state index in [2.05, 4.69) is 15.1 Å². The van der Waals surface area contributed by atoms with Gasteiger partial charge < -0.3 is 15.0 Å². The predicted octanol–water partition coefficient (Wildman–Crippen LogP) is 0.697. The van der Waals surface area contributed by atoms with E-state index in [1.54, 1.807) is 19.2 Å². The van der Waals surface area contributed by atoms with Crippen LogP contribution < -0.4 is 15.0 Å². The molecular formula is C14H20N4O3. The Balaban J connectivity index is 1.71. The van der Waals surface area contributed by atoms with E-state index in [9.17, 15) is 10.1 Å². The summed E-state index contributed by atoms with van der Waals surface area (Å²) >= 11 is 0. The van der Waals surface area contributed by atoms with Crippen LogP contribution in [0.2, 0.25) is 0 Å². The Morgan fingerprint density at radius 2 is 2.05 bits per heavy atom. The second-order valence-electron chi connectivity index (χ2n) is 5.46. The van der Waals surface area contributed by atoms with Crippen molar-refractivity contribution in [2.75, 3.05) is 51.3 Å². The summed E-state index contributed by atoms with van der Waals surface area (Å²) in [4.78, 5) is 15.4. The molecule has 0 amide bonds. The molecule has 2 heterocycles. The molecular weight excluding hydrogens is 272 g/mol. The first-order valence-electron chi connectivity index (χ1n) is 7.21. The summed E-state index contributed by atoms with van der Waals surface area (Å²) < 4.78 is 5.18. The maximum atomic E-state index is 11.2. The number of anilines is 1. The zero-order chi connectivity index (χ0) is 14.8. The third kappa shape index (κ3) is 2.79. The summed E-state index contributed by atoms with van der Waals surface area (Å²) in [6.45, 7) is 5.84. The molecule has 2 aliphatic heterocycles. The summed E-state index contributed by atoms with van der Waals surface area (Å²) in [5, 5.41) is 14.5. The van der Waals surface area contributed by atoms with Crippen molar-refractivity contribution >= 4 is 11.4 Å². The van der Waals surface area contributed by atoms with Crippen LogP contribution in [0.1, 0.15) is 0 Å². The molecule has 0 unspecified atom stereocenters. The molecule has 0 saturated carbocycles. The molecule has 3 rings (SSSR count). The highest BCUT2D eigenvalue weighted by Gasteiger charge is 2.35. The molecule has 1 N–H and O–H groups in total. The quantitative estimate of drug-likeness (QED) is 0.650. The maximum Gasteiger partial charge on any atom is 0.292 e. The Morgan fingerprint density at radius 3 is 2.67 bits per heavy atom. The lowest BCUT2D eigenvalue weighted by Crippen LogP contribution is -2.63. The molecule has 0 spiro atoms. The van der Waals surface area contributed by atoms with Gasteiger partial charge in [0.1, 0.15) is 11.4 Å². The highest BCUT2D eigenvalue weighted by Crippen LogP contribution is 2.35. The Hall–Kier alpha value is -1.86. The van der Waals surface area contributed by atoms with E-state index in [0.29, 0.717) is 17.5 Å². The van der Waals surface area contributed by atoms with Gasteiger partial charge in [-0.25, -0.2) is 0 Å². The second kappa shape index (κ2) is 5.87. The fourth-order valence-electron chi connectivity index (χ4n) is 2.97. The summed E-state index contributed by atoms with van der Waals surface area (Å²) in [5.41, 5.74) is 0.806. The molecule has 1 aromatic carbocycles. The summed E-state index contributed by atoms with van der Waals surface area (Å²) in [5.74, 6) is 0.654. The van der Waals surface area contributed by atoms with Gasteiger partial charge in [-0.1, -0.05) is 0 Å². The van der Waals surface area contributed by atoms with Crippen molar-refractivity contribution in [2.45, 2.75) is 6.04 Å². The lowest BCUT2D eigenvalue weighted by Gasteiger charge is -2.47. The zero-order valence-corrected chi connectivity index (χ0v) is 12.1. The average Bonchev–Trinajstić information content (AvgIpc) is 2.46. The minimum absolute atomic E-state index is 0.148. The topological polar surface area (TPSA) is 70.9 Å². The number of benzene rings is 1. The van der Waals surface area contributed by atoms with Gasteiger partial charge in [-0.2, -0.15) is 0 Å². The molecule has 2 fully saturated rings. The SMILES string of the molecule is COc1ccc([N+](=O)[O-])c(N2CC(N3CCNCC3)C2)c1. The number of nitro groups is 1. The van der Waals surface area contributed by atoms with Crippen molar-refractivity contribution in [3.05, 3.63) is 28.3 Å². The van der Waals surface area contributed by atoms with Crippen LogP contribution >= 0.6 is 0 Å². The second-order valence-corrected chi connectivity index (χ2v) is 5.46. The van der Waals surface area contributed by atoms with Gasteiger partial charge in [-0.15, -0.1) is 0 Å². The normalized spacial score (nSPS) is 20.1. The van der Waals surface area contributed by atoms with Gasteiger partial charge in [0.25, 0.3) is 5.69 Å².